The third-order valence-corrected chi connectivity index (χ3v) is 7.04. The molecule has 184 valence electrons. The summed E-state index contributed by atoms with van der Waals surface area (Å²) in [7, 11) is 0. The number of likely N-dealkylation sites (tertiary alicyclic amines) is 1. The van der Waals surface area contributed by atoms with Crippen LogP contribution in [-0.4, -0.2) is 53.4 Å². The Hall–Kier alpha value is -2.78. The van der Waals surface area contributed by atoms with Gasteiger partial charge < -0.3 is 20.3 Å². The molecule has 0 bridgehead atoms. The number of phenolic OH excluding ortho intramolecular Hbond substituents is 1. The van der Waals surface area contributed by atoms with Gasteiger partial charge in [-0.3, -0.25) is 9.69 Å². The lowest BCUT2D eigenvalue weighted by atomic mass is 9.79. The summed E-state index contributed by atoms with van der Waals surface area (Å²) >= 11 is 0. The summed E-state index contributed by atoms with van der Waals surface area (Å²) in [5.41, 5.74) is 5.24. The summed E-state index contributed by atoms with van der Waals surface area (Å²) in [4.78, 5) is 14.8. The molecule has 0 spiro atoms. The number of primary amides is 1. The molecule has 34 heavy (non-hydrogen) atoms. The van der Waals surface area contributed by atoms with Gasteiger partial charge in [0.05, 0.1) is 11.7 Å². The molecule has 0 radical (unpaired) electrons. The highest BCUT2D eigenvalue weighted by atomic mass is 19.4. The van der Waals surface area contributed by atoms with Crippen molar-refractivity contribution in [1.82, 2.24) is 4.90 Å². The van der Waals surface area contributed by atoms with Gasteiger partial charge in [0.2, 0.25) is 5.91 Å². The zero-order valence-electron chi connectivity index (χ0n) is 18.9. The minimum atomic E-state index is -4.44. The van der Waals surface area contributed by atoms with Gasteiger partial charge in [0.15, 0.2) is 0 Å². The maximum atomic E-state index is 13.0. The van der Waals surface area contributed by atoms with Crippen molar-refractivity contribution in [3.05, 3.63) is 59.7 Å². The molecule has 2 aliphatic heterocycles. The Morgan fingerprint density at radius 2 is 2.00 bits per heavy atom. The lowest BCUT2D eigenvalue weighted by molar-refractivity contribution is -0.142. The Labute approximate surface area is 196 Å². The second kappa shape index (κ2) is 9.46. The number of phenols is 1. The molecule has 4 atom stereocenters. The van der Waals surface area contributed by atoms with Crippen LogP contribution in [0.25, 0.3) is 0 Å². The number of amides is 1. The highest BCUT2D eigenvalue weighted by Gasteiger charge is 2.50. The molecular formula is C25H29F3N2O4. The number of carbonyl (C=O) groups is 1. The van der Waals surface area contributed by atoms with Crippen LogP contribution in [0, 0.1) is 0 Å². The number of hydrogen-bond acceptors (Lipinski definition) is 5. The first-order chi connectivity index (χ1) is 16.1. The van der Waals surface area contributed by atoms with Gasteiger partial charge in [-0.2, -0.15) is 13.2 Å². The van der Waals surface area contributed by atoms with Gasteiger partial charge >= 0.3 is 6.18 Å². The molecule has 4 rings (SSSR count). The van der Waals surface area contributed by atoms with E-state index in [9.17, 15) is 23.1 Å². The molecule has 0 saturated carbocycles. The quantitative estimate of drug-likeness (QED) is 0.654. The van der Waals surface area contributed by atoms with Crippen LogP contribution in [0.4, 0.5) is 13.2 Å². The topological polar surface area (TPSA) is 85.0 Å². The molecule has 0 aliphatic carbocycles. The second-order valence-electron chi connectivity index (χ2n) is 9.14. The maximum Gasteiger partial charge on any atom is 0.416 e. The van der Waals surface area contributed by atoms with Crippen LogP contribution in [0.5, 0.6) is 11.5 Å². The van der Waals surface area contributed by atoms with Gasteiger partial charge in [0, 0.05) is 32.0 Å². The number of rotatable bonds is 6. The molecule has 1 amide bonds. The Bertz CT molecular complexity index is 1010. The summed E-state index contributed by atoms with van der Waals surface area (Å²) in [5.74, 6) is -0.130. The molecule has 3 N–H and O–H groups in total. The van der Waals surface area contributed by atoms with Crippen molar-refractivity contribution in [3.63, 3.8) is 0 Å². The van der Waals surface area contributed by atoms with Gasteiger partial charge in [-0.25, -0.2) is 0 Å². The van der Waals surface area contributed by atoms with Crippen LogP contribution in [0.15, 0.2) is 48.5 Å². The number of carbonyl (C=O) groups excluding carboxylic acids is 1. The number of nitrogens with zero attached hydrogens (tertiary/aromatic N) is 1. The lowest BCUT2D eigenvalue weighted by Crippen LogP contribution is -2.61. The Morgan fingerprint density at radius 3 is 2.68 bits per heavy atom. The lowest BCUT2D eigenvalue weighted by Gasteiger charge is -2.46. The van der Waals surface area contributed by atoms with Crippen molar-refractivity contribution in [3.8, 4) is 11.5 Å². The standard InChI is InChI=1S/C25H29F3N2O4/c1-16(17-5-7-19(31)8-6-17)22-14-24(23(29)32,10-12-33-22)30-11-9-21(15-30)34-20-4-2-3-18(13-20)25(26,27)28/h2-8,13,16,21-22,31H,9-12,14-15H2,1H3,(H2,29,32)/t16-,21+,22?,24?/m0/s1. The average Bonchev–Trinajstić information content (AvgIpc) is 3.27. The molecular weight excluding hydrogens is 449 g/mol. The Morgan fingerprint density at radius 1 is 1.26 bits per heavy atom. The van der Waals surface area contributed by atoms with Gasteiger partial charge in [-0.15, -0.1) is 0 Å². The van der Waals surface area contributed by atoms with E-state index in [-0.39, 0.29) is 29.6 Å². The number of aromatic hydroxyl groups is 1. The number of hydrogen-bond donors (Lipinski definition) is 2. The molecule has 2 heterocycles. The fourth-order valence-electron chi connectivity index (χ4n) is 5.00. The van der Waals surface area contributed by atoms with Crippen LogP contribution in [-0.2, 0) is 15.7 Å². The molecule has 2 fully saturated rings. The molecule has 2 unspecified atom stereocenters. The van der Waals surface area contributed by atoms with Crippen molar-refractivity contribution < 1.29 is 32.5 Å². The molecule has 9 heteroatoms. The van der Waals surface area contributed by atoms with E-state index >= 15 is 0 Å². The van der Waals surface area contributed by atoms with Gasteiger partial charge in [-0.05, 0) is 48.7 Å². The van der Waals surface area contributed by atoms with E-state index in [0.717, 1.165) is 17.7 Å². The van der Waals surface area contributed by atoms with Crippen LogP contribution in [0.3, 0.4) is 0 Å². The number of alkyl halides is 3. The zero-order chi connectivity index (χ0) is 24.5. The van der Waals surface area contributed by atoms with Crippen molar-refractivity contribution in [1.29, 1.82) is 0 Å². The molecule has 6 nitrogen and oxygen atoms in total. The van der Waals surface area contributed by atoms with Crippen LogP contribution < -0.4 is 10.5 Å². The van der Waals surface area contributed by atoms with Crippen molar-refractivity contribution in [2.75, 3.05) is 19.7 Å². The van der Waals surface area contributed by atoms with E-state index < -0.39 is 23.2 Å². The second-order valence-corrected chi connectivity index (χ2v) is 9.14. The Balaban J connectivity index is 1.47. The first kappa shape index (κ1) is 24.3. The smallest absolute Gasteiger partial charge is 0.416 e. The number of ether oxygens (including phenoxy) is 2. The summed E-state index contributed by atoms with van der Waals surface area (Å²) in [6, 6.07) is 11.7. The van der Waals surface area contributed by atoms with E-state index in [2.05, 4.69) is 0 Å². The summed E-state index contributed by atoms with van der Waals surface area (Å²) in [6.07, 6.45) is -3.63. The van der Waals surface area contributed by atoms with Gasteiger partial charge in [0.1, 0.15) is 23.1 Å². The van der Waals surface area contributed by atoms with Crippen molar-refractivity contribution in [2.24, 2.45) is 5.73 Å². The van der Waals surface area contributed by atoms with E-state index in [1.54, 1.807) is 12.1 Å². The number of nitrogens with two attached hydrogens (primary N) is 1. The summed E-state index contributed by atoms with van der Waals surface area (Å²) in [5, 5.41) is 9.57. The van der Waals surface area contributed by atoms with Crippen molar-refractivity contribution >= 4 is 5.91 Å². The predicted molar refractivity (Wildman–Crippen MR) is 119 cm³/mol. The summed E-state index contributed by atoms with van der Waals surface area (Å²) in [6.45, 7) is 3.32. The zero-order valence-corrected chi connectivity index (χ0v) is 18.9. The van der Waals surface area contributed by atoms with Gasteiger partial charge in [0.25, 0.3) is 0 Å². The van der Waals surface area contributed by atoms with E-state index in [1.165, 1.54) is 12.1 Å². The molecule has 2 saturated heterocycles. The first-order valence-electron chi connectivity index (χ1n) is 11.4. The minimum absolute atomic E-state index is 0.0283. The molecule has 2 aliphatic rings. The van der Waals surface area contributed by atoms with Crippen LogP contribution >= 0.6 is 0 Å². The van der Waals surface area contributed by atoms with E-state index in [0.29, 0.717) is 39.0 Å². The number of halogens is 3. The molecule has 2 aromatic rings. The Kier molecular flexibility index (Phi) is 6.78. The molecule has 0 aromatic heterocycles. The van der Waals surface area contributed by atoms with E-state index in [4.69, 9.17) is 15.2 Å². The van der Waals surface area contributed by atoms with Gasteiger partial charge in [-0.1, -0.05) is 25.1 Å². The van der Waals surface area contributed by atoms with Crippen LogP contribution in [0.1, 0.15) is 43.2 Å². The normalized spacial score (nSPS) is 26.8. The highest BCUT2D eigenvalue weighted by molar-refractivity contribution is 5.85. The van der Waals surface area contributed by atoms with Crippen molar-refractivity contribution in [2.45, 2.75) is 56.0 Å². The third-order valence-electron chi connectivity index (χ3n) is 7.04. The highest BCUT2D eigenvalue weighted by Crippen LogP contribution is 2.39. The fourth-order valence-corrected chi connectivity index (χ4v) is 5.00. The molecule has 2 aromatic carbocycles. The average molecular weight is 479 g/mol. The van der Waals surface area contributed by atoms with Crippen LogP contribution in [0.2, 0.25) is 0 Å². The van der Waals surface area contributed by atoms with E-state index in [1.807, 2.05) is 24.0 Å². The minimum Gasteiger partial charge on any atom is -0.508 e. The monoisotopic (exact) mass is 478 g/mol. The predicted octanol–water partition coefficient (Wildman–Crippen LogP) is 4.07. The third kappa shape index (κ3) is 5.00. The maximum absolute atomic E-state index is 13.0. The number of benzene rings is 2. The SMILES string of the molecule is C[C@@H](c1ccc(O)cc1)C1CC(C(N)=O)(N2CC[C@@H](Oc3cccc(C(F)(F)F)c3)C2)CCO1. The summed E-state index contributed by atoms with van der Waals surface area (Å²) < 4.78 is 51.0. The largest absolute Gasteiger partial charge is 0.508 e. The fraction of sp³-hybridized carbons (Fsp3) is 0.480. The first-order valence-corrected chi connectivity index (χ1v) is 11.4.